The second kappa shape index (κ2) is 6.44. The summed E-state index contributed by atoms with van der Waals surface area (Å²) in [4.78, 5) is 0. The zero-order valence-corrected chi connectivity index (χ0v) is 16.8. The van der Waals surface area contributed by atoms with Crippen LogP contribution in [0.1, 0.15) is 20.8 Å². The fourth-order valence-corrected chi connectivity index (χ4v) is 3.69. The van der Waals surface area contributed by atoms with Gasteiger partial charge in [-0.15, -0.1) is 0 Å². The molecule has 2 aromatic rings. The first-order valence-corrected chi connectivity index (χ1v) is 8.63. The maximum absolute atomic E-state index is 6.32. The lowest BCUT2D eigenvalue weighted by molar-refractivity contribution is 0.133. The summed E-state index contributed by atoms with van der Waals surface area (Å²) in [6.45, 7) is 5.56. The van der Waals surface area contributed by atoms with Gasteiger partial charge in [0.05, 0.1) is 30.1 Å². The molecule has 0 spiro atoms. The molecule has 0 aliphatic heterocycles. The summed E-state index contributed by atoms with van der Waals surface area (Å²) in [6.07, 6.45) is 0. The predicted octanol–water partition coefficient (Wildman–Crippen LogP) is 8.59. The van der Waals surface area contributed by atoms with Gasteiger partial charge in [-0.1, -0.05) is 81.2 Å². The Labute approximate surface area is 163 Å². The van der Waals surface area contributed by atoms with E-state index in [1.54, 1.807) is 0 Å². The molecule has 0 saturated heterocycles. The molecule has 1 nitrogen and oxygen atoms in total. The van der Waals surface area contributed by atoms with Crippen molar-refractivity contribution in [3.8, 4) is 5.75 Å². The van der Waals surface area contributed by atoms with Crippen LogP contribution in [-0.2, 0) is 0 Å². The van der Waals surface area contributed by atoms with Gasteiger partial charge >= 0.3 is 0 Å². The van der Waals surface area contributed by atoms with Crippen molar-refractivity contribution in [3.05, 3.63) is 35.2 Å². The van der Waals surface area contributed by atoms with E-state index < -0.39 is 5.60 Å². The number of hydrogen-bond acceptors (Lipinski definition) is 1. The van der Waals surface area contributed by atoms with Gasteiger partial charge in [0.15, 0.2) is 0 Å². The molecular formula is C14H9Cl7O. The van der Waals surface area contributed by atoms with Crippen molar-refractivity contribution in [3.63, 3.8) is 0 Å². The molecule has 22 heavy (non-hydrogen) atoms. The van der Waals surface area contributed by atoms with Crippen molar-refractivity contribution in [2.75, 3.05) is 0 Å². The highest BCUT2D eigenvalue weighted by Crippen LogP contribution is 2.54. The maximum atomic E-state index is 6.32. The van der Waals surface area contributed by atoms with Crippen molar-refractivity contribution in [1.82, 2.24) is 0 Å². The second-order valence-corrected chi connectivity index (χ2v) is 8.14. The van der Waals surface area contributed by atoms with E-state index in [-0.39, 0.29) is 40.9 Å². The third-order valence-corrected chi connectivity index (χ3v) is 5.82. The van der Waals surface area contributed by atoms with Crippen LogP contribution in [0.3, 0.4) is 0 Å². The van der Waals surface area contributed by atoms with Gasteiger partial charge in [0, 0.05) is 10.8 Å². The van der Waals surface area contributed by atoms with Crippen molar-refractivity contribution in [2.45, 2.75) is 26.4 Å². The minimum atomic E-state index is -0.560. The van der Waals surface area contributed by atoms with Crippen molar-refractivity contribution in [2.24, 2.45) is 0 Å². The lowest BCUT2D eigenvalue weighted by atomic mass is 10.1. The normalized spacial score (nSPS) is 12.1. The van der Waals surface area contributed by atoms with Gasteiger partial charge in [-0.25, -0.2) is 0 Å². The summed E-state index contributed by atoms with van der Waals surface area (Å²) < 4.78 is 5.89. The maximum Gasteiger partial charge on any atom is 0.149 e. The number of halogens is 7. The zero-order chi connectivity index (χ0) is 17.0. The van der Waals surface area contributed by atoms with Crippen LogP contribution < -0.4 is 4.74 Å². The number of ether oxygens (including phenoxy) is 1. The molecule has 120 valence electrons. The summed E-state index contributed by atoms with van der Waals surface area (Å²) in [5.41, 5.74) is -0.560. The lowest BCUT2D eigenvalue weighted by Crippen LogP contribution is -2.23. The molecule has 0 fully saturated rings. The molecule has 2 rings (SSSR count). The Balaban J connectivity index is 3.08. The van der Waals surface area contributed by atoms with Gasteiger partial charge in [-0.3, -0.25) is 0 Å². The minimum Gasteiger partial charge on any atom is -0.486 e. The third kappa shape index (κ3) is 3.19. The number of hydrogen-bond donors (Lipinski definition) is 0. The van der Waals surface area contributed by atoms with Crippen molar-refractivity contribution >= 4 is 92.0 Å². The lowest BCUT2D eigenvalue weighted by Gasteiger charge is -2.25. The quantitative estimate of drug-likeness (QED) is 0.318. The summed E-state index contributed by atoms with van der Waals surface area (Å²) in [5.74, 6) is 0.254. The molecule has 0 radical (unpaired) electrons. The van der Waals surface area contributed by atoms with E-state index in [0.717, 1.165) is 0 Å². The highest BCUT2D eigenvalue weighted by molar-refractivity contribution is 6.59. The Morgan fingerprint density at radius 1 is 0.545 bits per heavy atom. The summed E-state index contributed by atoms with van der Waals surface area (Å²) in [6, 6.07) is 0. The first kappa shape index (κ1) is 18.9. The van der Waals surface area contributed by atoms with Gasteiger partial charge in [0.2, 0.25) is 0 Å². The van der Waals surface area contributed by atoms with Gasteiger partial charge in [-0.05, 0) is 20.8 Å². The van der Waals surface area contributed by atoms with Crippen LogP contribution in [0.25, 0.3) is 10.8 Å². The monoisotopic (exact) mass is 438 g/mol. The highest BCUT2D eigenvalue weighted by atomic mass is 35.5. The first-order valence-electron chi connectivity index (χ1n) is 5.98. The smallest absolute Gasteiger partial charge is 0.149 e. The van der Waals surface area contributed by atoms with E-state index in [4.69, 9.17) is 85.9 Å². The summed E-state index contributed by atoms with van der Waals surface area (Å²) in [5, 5.41) is 1.54. The van der Waals surface area contributed by atoms with E-state index in [0.29, 0.717) is 10.8 Å². The highest BCUT2D eigenvalue weighted by Gasteiger charge is 2.27. The van der Waals surface area contributed by atoms with Gasteiger partial charge < -0.3 is 4.74 Å². The first-order chi connectivity index (χ1) is 9.97. The Morgan fingerprint density at radius 3 is 1.32 bits per heavy atom. The van der Waals surface area contributed by atoms with Gasteiger partial charge in [0.25, 0.3) is 0 Å². The molecule has 0 saturated carbocycles. The standard InChI is InChI=1S/C14H9Cl7O/c1-14(2,3)22-13-5-4(7(16)11(20)12(13)21)6(15)9(18)10(19)8(5)17/h1-3H3. The van der Waals surface area contributed by atoms with Crippen LogP contribution in [0.2, 0.25) is 35.2 Å². The van der Waals surface area contributed by atoms with Crippen molar-refractivity contribution < 1.29 is 4.74 Å². The fraction of sp³-hybridized carbons (Fsp3) is 0.286. The molecule has 0 atom stereocenters. The summed E-state index contributed by atoms with van der Waals surface area (Å²) in [7, 11) is 0. The van der Waals surface area contributed by atoms with E-state index in [1.807, 2.05) is 20.8 Å². The number of benzene rings is 2. The van der Waals surface area contributed by atoms with Crippen LogP contribution in [0.15, 0.2) is 0 Å². The van der Waals surface area contributed by atoms with E-state index in [9.17, 15) is 0 Å². The Bertz CT molecular complexity index is 770. The van der Waals surface area contributed by atoms with E-state index in [2.05, 4.69) is 0 Å². The van der Waals surface area contributed by atoms with E-state index >= 15 is 0 Å². The van der Waals surface area contributed by atoms with Crippen LogP contribution in [0.4, 0.5) is 0 Å². The molecule has 0 unspecified atom stereocenters. The van der Waals surface area contributed by atoms with Crippen LogP contribution in [0, 0.1) is 0 Å². The summed E-state index contributed by atoms with van der Waals surface area (Å²) >= 11 is 43.5. The SMILES string of the molecule is CC(C)(C)Oc1c(Cl)c(Cl)c(Cl)c2c(Cl)c(Cl)c(Cl)c(Cl)c12. The average molecular weight is 441 g/mol. The number of fused-ring (bicyclic) bond motifs is 1. The molecule has 0 N–H and O–H groups in total. The molecule has 0 aliphatic carbocycles. The van der Waals surface area contributed by atoms with Crippen LogP contribution >= 0.6 is 81.2 Å². The minimum absolute atomic E-state index is 0.0860. The second-order valence-electron chi connectivity index (χ2n) is 5.49. The fourth-order valence-electron chi connectivity index (χ4n) is 1.87. The third-order valence-electron chi connectivity index (χ3n) is 2.71. The Kier molecular flexibility index (Phi) is 5.52. The zero-order valence-electron chi connectivity index (χ0n) is 11.6. The molecule has 0 aromatic heterocycles. The van der Waals surface area contributed by atoms with Crippen LogP contribution in [0.5, 0.6) is 5.75 Å². The largest absolute Gasteiger partial charge is 0.486 e. The Morgan fingerprint density at radius 2 is 0.909 bits per heavy atom. The van der Waals surface area contributed by atoms with Crippen molar-refractivity contribution in [1.29, 1.82) is 0 Å². The van der Waals surface area contributed by atoms with Gasteiger partial charge in [0.1, 0.15) is 16.4 Å². The average Bonchev–Trinajstić information content (AvgIpc) is 2.42. The Hall–Kier alpha value is 0.530. The molecule has 0 amide bonds. The van der Waals surface area contributed by atoms with Crippen LogP contribution in [-0.4, -0.2) is 5.60 Å². The number of rotatable bonds is 1. The molecule has 0 heterocycles. The predicted molar refractivity (Wildman–Crippen MR) is 99.4 cm³/mol. The molecular weight excluding hydrogens is 432 g/mol. The molecule has 8 heteroatoms. The molecule has 2 aromatic carbocycles. The van der Waals surface area contributed by atoms with E-state index in [1.165, 1.54) is 0 Å². The van der Waals surface area contributed by atoms with Gasteiger partial charge in [-0.2, -0.15) is 0 Å². The topological polar surface area (TPSA) is 9.23 Å². The molecule has 0 bridgehead atoms. The molecule has 0 aliphatic rings.